The van der Waals surface area contributed by atoms with Crippen LogP contribution in [0.3, 0.4) is 0 Å². The van der Waals surface area contributed by atoms with E-state index in [2.05, 4.69) is 32.3 Å². The monoisotopic (exact) mass is 274 g/mol. The Labute approximate surface area is 117 Å². The van der Waals surface area contributed by atoms with E-state index in [0.29, 0.717) is 6.04 Å². The quantitative estimate of drug-likeness (QED) is 0.930. The number of thiazole rings is 1. The lowest BCUT2D eigenvalue weighted by atomic mass is 10.1. The summed E-state index contributed by atoms with van der Waals surface area (Å²) < 4.78 is 0. The Kier molecular flexibility index (Phi) is 3.75. The number of rotatable bonds is 4. The van der Waals surface area contributed by atoms with Crippen LogP contribution in [0, 0.1) is 0 Å². The van der Waals surface area contributed by atoms with Crippen LogP contribution in [0.5, 0.6) is 0 Å². The molecule has 4 nitrogen and oxygen atoms in total. The molecule has 19 heavy (non-hydrogen) atoms. The molecule has 3 rings (SSSR count). The van der Waals surface area contributed by atoms with Crippen LogP contribution in [0.4, 0.5) is 5.82 Å². The Morgan fingerprint density at radius 1 is 1.53 bits per heavy atom. The van der Waals surface area contributed by atoms with Crippen LogP contribution >= 0.6 is 11.3 Å². The first-order chi connectivity index (χ1) is 9.36. The maximum Gasteiger partial charge on any atom is 0.125 e. The molecule has 2 aromatic rings. The van der Waals surface area contributed by atoms with E-state index in [-0.39, 0.29) is 0 Å². The average molecular weight is 274 g/mol. The van der Waals surface area contributed by atoms with Crippen molar-refractivity contribution in [1.82, 2.24) is 14.9 Å². The van der Waals surface area contributed by atoms with Crippen LogP contribution in [0.15, 0.2) is 30.0 Å². The predicted octanol–water partition coefficient (Wildman–Crippen LogP) is 2.92. The maximum absolute atomic E-state index is 4.29. The zero-order valence-electron chi connectivity index (χ0n) is 11.0. The molecule has 0 aromatic carbocycles. The smallest absolute Gasteiger partial charge is 0.125 e. The number of likely N-dealkylation sites (tertiary alicyclic amines) is 1. The molecule has 0 saturated carbocycles. The second kappa shape index (κ2) is 5.67. The fourth-order valence-electron chi connectivity index (χ4n) is 2.70. The van der Waals surface area contributed by atoms with Gasteiger partial charge in [-0.3, -0.25) is 9.88 Å². The molecule has 5 heteroatoms. The van der Waals surface area contributed by atoms with Crippen LogP contribution in [0.25, 0.3) is 0 Å². The van der Waals surface area contributed by atoms with Gasteiger partial charge in [-0.15, -0.1) is 11.3 Å². The van der Waals surface area contributed by atoms with Gasteiger partial charge in [-0.1, -0.05) is 0 Å². The van der Waals surface area contributed by atoms with Crippen LogP contribution in [-0.2, 0) is 6.54 Å². The Bertz CT molecular complexity index is 526. The normalized spacial score (nSPS) is 19.7. The van der Waals surface area contributed by atoms with E-state index in [0.717, 1.165) is 12.4 Å². The number of aromatic nitrogens is 2. The first-order valence-corrected chi connectivity index (χ1v) is 7.50. The predicted molar refractivity (Wildman–Crippen MR) is 78.3 cm³/mol. The molecule has 1 unspecified atom stereocenters. The summed E-state index contributed by atoms with van der Waals surface area (Å²) in [6.07, 6.45) is 6.36. The zero-order valence-corrected chi connectivity index (χ0v) is 11.9. The lowest BCUT2D eigenvalue weighted by molar-refractivity contribution is 0.250. The fourth-order valence-corrected chi connectivity index (χ4v) is 3.32. The molecule has 0 amide bonds. The largest absolute Gasteiger partial charge is 0.373 e. The molecular formula is C14H18N4S. The maximum atomic E-state index is 4.29. The van der Waals surface area contributed by atoms with Crippen molar-refractivity contribution < 1.29 is 0 Å². The van der Waals surface area contributed by atoms with Gasteiger partial charge in [0, 0.05) is 36.9 Å². The van der Waals surface area contributed by atoms with E-state index in [1.165, 1.54) is 29.8 Å². The Balaban J connectivity index is 1.78. The summed E-state index contributed by atoms with van der Waals surface area (Å²) >= 11 is 1.74. The van der Waals surface area contributed by atoms with E-state index in [1.807, 2.05) is 25.0 Å². The molecule has 0 aliphatic carbocycles. The summed E-state index contributed by atoms with van der Waals surface area (Å²) in [7, 11) is 1.91. The summed E-state index contributed by atoms with van der Waals surface area (Å²) in [6, 6.07) is 4.81. The first-order valence-electron chi connectivity index (χ1n) is 6.62. The molecule has 0 radical (unpaired) electrons. The minimum atomic E-state index is 0.511. The van der Waals surface area contributed by atoms with Gasteiger partial charge in [0.25, 0.3) is 0 Å². The third-order valence-corrected chi connectivity index (χ3v) is 4.40. The lowest BCUT2D eigenvalue weighted by Gasteiger charge is -2.24. The minimum Gasteiger partial charge on any atom is -0.373 e. The molecule has 3 heterocycles. The molecule has 2 aromatic heterocycles. The van der Waals surface area contributed by atoms with Crippen molar-refractivity contribution in [3.8, 4) is 0 Å². The Morgan fingerprint density at radius 2 is 2.47 bits per heavy atom. The van der Waals surface area contributed by atoms with Crippen molar-refractivity contribution in [3.63, 3.8) is 0 Å². The van der Waals surface area contributed by atoms with Crippen molar-refractivity contribution >= 4 is 17.2 Å². The van der Waals surface area contributed by atoms with E-state index < -0.39 is 0 Å². The van der Waals surface area contributed by atoms with Crippen LogP contribution in [-0.4, -0.2) is 28.5 Å². The molecular weight excluding hydrogens is 256 g/mol. The second-order valence-electron chi connectivity index (χ2n) is 4.82. The number of pyridine rings is 1. The average Bonchev–Trinajstić information content (AvgIpc) is 3.11. The molecule has 1 N–H and O–H groups in total. The van der Waals surface area contributed by atoms with Crippen LogP contribution < -0.4 is 5.32 Å². The van der Waals surface area contributed by atoms with Crippen molar-refractivity contribution in [2.24, 2.45) is 0 Å². The van der Waals surface area contributed by atoms with Crippen molar-refractivity contribution in [3.05, 3.63) is 40.5 Å². The van der Waals surface area contributed by atoms with Gasteiger partial charge in [-0.05, 0) is 37.1 Å². The Hall–Kier alpha value is -1.46. The van der Waals surface area contributed by atoms with Crippen molar-refractivity contribution in [2.75, 3.05) is 18.9 Å². The second-order valence-corrected chi connectivity index (χ2v) is 5.79. The summed E-state index contributed by atoms with van der Waals surface area (Å²) in [6.45, 7) is 2.17. The Morgan fingerprint density at radius 3 is 3.26 bits per heavy atom. The molecule has 0 bridgehead atoms. The van der Waals surface area contributed by atoms with Crippen LogP contribution in [0.1, 0.15) is 29.3 Å². The zero-order chi connectivity index (χ0) is 13.1. The first kappa shape index (κ1) is 12.6. The molecule has 1 saturated heterocycles. The van der Waals surface area contributed by atoms with Gasteiger partial charge >= 0.3 is 0 Å². The molecule has 1 aliphatic heterocycles. The summed E-state index contributed by atoms with van der Waals surface area (Å²) in [5, 5.41) is 3.11. The SMILES string of the molecule is CNc1cc(C2CCCN2Cc2cncs2)ccn1. The highest BCUT2D eigenvalue weighted by Gasteiger charge is 2.26. The van der Waals surface area contributed by atoms with E-state index in [4.69, 9.17) is 0 Å². The van der Waals surface area contributed by atoms with Gasteiger partial charge in [-0.2, -0.15) is 0 Å². The number of anilines is 1. The third kappa shape index (κ3) is 2.77. The van der Waals surface area contributed by atoms with Gasteiger partial charge in [0.05, 0.1) is 5.51 Å². The highest BCUT2D eigenvalue weighted by atomic mass is 32.1. The number of hydrogen-bond donors (Lipinski definition) is 1. The highest BCUT2D eigenvalue weighted by Crippen LogP contribution is 2.34. The number of hydrogen-bond acceptors (Lipinski definition) is 5. The highest BCUT2D eigenvalue weighted by molar-refractivity contribution is 7.09. The third-order valence-electron chi connectivity index (χ3n) is 3.63. The standard InChI is InChI=1S/C14H18N4S/c1-15-14-7-11(4-5-17-14)13-3-2-6-18(13)9-12-8-16-10-19-12/h4-5,7-8,10,13H,2-3,6,9H2,1H3,(H,15,17). The molecule has 0 spiro atoms. The van der Waals surface area contributed by atoms with Crippen molar-refractivity contribution in [1.29, 1.82) is 0 Å². The fraction of sp³-hybridized carbons (Fsp3) is 0.429. The van der Waals surface area contributed by atoms with E-state index >= 15 is 0 Å². The topological polar surface area (TPSA) is 41.0 Å². The van der Waals surface area contributed by atoms with Gasteiger partial charge < -0.3 is 5.32 Å². The lowest BCUT2D eigenvalue weighted by Crippen LogP contribution is -2.22. The minimum absolute atomic E-state index is 0.511. The van der Waals surface area contributed by atoms with E-state index in [1.54, 1.807) is 11.3 Å². The van der Waals surface area contributed by atoms with Gasteiger partial charge in [0.2, 0.25) is 0 Å². The van der Waals surface area contributed by atoms with Crippen molar-refractivity contribution in [2.45, 2.75) is 25.4 Å². The van der Waals surface area contributed by atoms with E-state index in [9.17, 15) is 0 Å². The van der Waals surface area contributed by atoms with Gasteiger partial charge in [-0.25, -0.2) is 4.98 Å². The number of nitrogens with zero attached hydrogens (tertiary/aromatic N) is 3. The summed E-state index contributed by atoms with van der Waals surface area (Å²) in [4.78, 5) is 12.3. The molecule has 100 valence electrons. The molecule has 1 atom stereocenters. The van der Waals surface area contributed by atoms with Gasteiger partial charge in [0.15, 0.2) is 0 Å². The molecule has 1 fully saturated rings. The summed E-state index contributed by atoms with van der Waals surface area (Å²) in [5.41, 5.74) is 3.27. The van der Waals surface area contributed by atoms with Crippen LogP contribution in [0.2, 0.25) is 0 Å². The molecule has 1 aliphatic rings. The summed E-state index contributed by atoms with van der Waals surface area (Å²) in [5.74, 6) is 0.946. The van der Waals surface area contributed by atoms with Gasteiger partial charge in [0.1, 0.15) is 5.82 Å². The number of nitrogens with one attached hydrogen (secondary N) is 1.